The van der Waals surface area contributed by atoms with Gasteiger partial charge in [0, 0.05) is 43.5 Å². The van der Waals surface area contributed by atoms with Crippen LogP contribution in [-0.4, -0.2) is 32.8 Å². The summed E-state index contributed by atoms with van der Waals surface area (Å²) < 4.78 is 5.04. The van der Waals surface area contributed by atoms with Crippen molar-refractivity contribution in [3.8, 4) is 0 Å². The van der Waals surface area contributed by atoms with Crippen LogP contribution < -0.4 is 10.2 Å². The lowest BCUT2D eigenvalue weighted by Crippen LogP contribution is -2.32. The average molecular weight is 285 g/mol. The lowest BCUT2D eigenvalue weighted by Gasteiger charge is -2.30. The number of halogens is 1. The highest BCUT2D eigenvalue weighted by atomic mass is 35.5. The van der Waals surface area contributed by atoms with Crippen LogP contribution in [0.25, 0.3) is 0 Å². The fourth-order valence-corrected chi connectivity index (χ4v) is 2.38. The number of rotatable bonds is 8. The van der Waals surface area contributed by atoms with E-state index in [4.69, 9.17) is 16.3 Å². The van der Waals surface area contributed by atoms with E-state index >= 15 is 0 Å². The summed E-state index contributed by atoms with van der Waals surface area (Å²) in [6.45, 7) is 9.96. The topological polar surface area (TPSA) is 24.5 Å². The van der Waals surface area contributed by atoms with Crippen LogP contribution in [0.4, 0.5) is 5.69 Å². The molecule has 1 aromatic rings. The van der Waals surface area contributed by atoms with Crippen LogP contribution in [0.1, 0.15) is 26.3 Å². The number of methoxy groups -OCH3 is 1. The van der Waals surface area contributed by atoms with E-state index in [1.807, 2.05) is 12.1 Å². The standard InChI is InChI=1S/C15H25ClN2O/c1-5-18(12(2)3)15-7-6-14(16)10-13(15)11-17-8-9-19-4/h6-7,10,12,17H,5,8-9,11H2,1-4H3. The molecule has 1 rings (SSSR count). The highest BCUT2D eigenvalue weighted by Gasteiger charge is 2.12. The van der Waals surface area contributed by atoms with Gasteiger partial charge in [0.1, 0.15) is 0 Å². The van der Waals surface area contributed by atoms with Gasteiger partial charge in [-0.1, -0.05) is 11.6 Å². The van der Waals surface area contributed by atoms with E-state index in [1.54, 1.807) is 7.11 Å². The number of hydrogen-bond donors (Lipinski definition) is 1. The molecule has 0 aromatic heterocycles. The van der Waals surface area contributed by atoms with Crippen LogP contribution in [0.5, 0.6) is 0 Å². The van der Waals surface area contributed by atoms with E-state index in [0.717, 1.165) is 31.3 Å². The average Bonchev–Trinajstić information content (AvgIpc) is 2.37. The van der Waals surface area contributed by atoms with Crippen molar-refractivity contribution in [3.63, 3.8) is 0 Å². The summed E-state index contributed by atoms with van der Waals surface area (Å²) in [5, 5.41) is 4.16. The van der Waals surface area contributed by atoms with Gasteiger partial charge < -0.3 is 15.0 Å². The van der Waals surface area contributed by atoms with Gasteiger partial charge in [0.25, 0.3) is 0 Å². The van der Waals surface area contributed by atoms with E-state index < -0.39 is 0 Å². The molecule has 4 heteroatoms. The lowest BCUT2D eigenvalue weighted by molar-refractivity contribution is 0.199. The number of anilines is 1. The zero-order valence-corrected chi connectivity index (χ0v) is 13.1. The molecule has 0 heterocycles. The third-order valence-electron chi connectivity index (χ3n) is 3.11. The van der Waals surface area contributed by atoms with E-state index in [2.05, 4.69) is 37.1 Å². The van der Waals surface area contributed by atoms with Crippen molar-refractivity contribution in [2.45, 2.75) is 33.4 Å². The Morgan fingerprint density at radius 1 is 1.37 bits per heavy atom. The van der Waals surface area contributed by atoms with Crippen LogP contribution in [0.2, 0.25) is 5.02 Å². The van der Waals surface area contributed by atoms with Gasteiger partial charge in [0.05, 0.1) is 6.61 Å². The van der Waals surface area contributed by atoms with E-state index in [-0.39, 0.29) is 0 Å². The zero-order valence-electron chi connectivity index (χ0n) is 12.4. The molecule has 3 nitrogen and oxygen atoms in total. The second-order valence-electron chi connectivity index (χ2n) is 4.82. The van der Waals surface area contributed by atoms with Gasteiger partial charge in [-0.2, -0.15) is 0 Å². The van der Waals surface area contributed by atoms with Crippen LogP contribution in [0, 0.1) is 0 Å². The second-order valence-corrected chi connectivity index (χ2v) is 5.26. The van der Waals surface area contributed by atoms with Crippen LogP contribution >= 0.6 is 11.6 Å². The molecule has 0 spiro atoms. The summed E-state index contributed by atoms with van der Waals surface area (Å²) in [7, 11) is 1.71. The van der Waals surface area contributed by atoms with Crippen molar-refractivity contribution in [3.05, 3.63) is 28.8 Å². The summed E-state index contributed by atoms with van der Waals surface area (Å²) in [4.78, 5) is 2.38. The second kappa shape index (κ2) is 8.41. The Morgan fingerprint density at radius 3 is 2.68 bits per heavy atom. The molecule has 1 N–H and O–H groups in total. The minimum Gasteiger partial charge on any atom is -0.383 e. The third-order valence-corrected chi connectivity index (χ3v) is 3.35. The maximum atomic E-state index is 6.11. The summed E-state index contributed by atoms with van der Waals surface area (Å²) >= 11 is 6.11. The third kappa shape index (κ3) is 5.01. The molecule has 0 saturated heterocycles. The molecule has 0 aliphatic carbocycles. The Morgan fingerprint density at radius 2 is 2.11 bits per heavy atom. The van der Waals surface area contributed by atoms with Crippen molar-refractivity contribution in [1.82, 2.24) is 5.32 Å². The summed E-state index contributed by atoms with van der Waals surface area (Å²) in [6.07, 6.45) is 0. The van der Waals surface area contributed by atoms with E-state index in [0.29, 0.717) is 6.04 Å². The Kier molecular flexibility index (Phi) is 7.21. The van der Waals surface area contributed by atoms with Crippen molar-refractivity contribution >= 4 is 17.3 Å². The number of hydrogen-bond acceptors (Lipinski definition) is 3. The quantitative estimate of drug-likeness (QED) is 0.741. The SMILES string of the molecule is CCN(c1ccc(Cl)cc1CNCCOC)C(C)C. The Hall–Kier alpha value is -0.770. The maximum Gasteiger partial charge on any atom is 0.0587 e. The molecule has 0 saturated carbocycles. The van der Waals surface area contributed by atoms with Crippen LogP contribution in [0.3, 0.4) is 0 Å². The summed E-state index contributed by atoms with van der Waals surface area (Å²) in [5.74, 6) is 0. The highest BCUT2D eigenvalue weighted by Crippen LogP contribution is 2.25. The van der Waals surface area contributed by atoms with Gasteiger partial charge in [-0.15, -0.1) is 0 Å². The number of nitrogens with zero attached hydrogens (tertiary/aromatic N) is 1. The highest BCUT2D eigenvalue weighted by molar-refractivity contribution is 6.30. The molecule has 0 amide bonds. The van der Waals surface area contributed by atoms with Gasteiger partial charge in [-0.3, -0.25) is 0 Å². The number of ether oxygens (including phenoxy) is 1. The molecule has 108 valence electrons. The smallest absolute Gasteiger partial charge is 0.0587 e. The first-order valence-electron chi connectivity index (χ1n) is 6.84. The van der Waals surface area contributed by atoms with Crippen molar-refractivity contribution in [2.75, 3.05) is 31.7 Å². The summed E-state index contributed by atoms with van der Waals surface area (Å²) in [5.41, 5.74) is 2.49. The molecule has 0 aliphatic rings. The molecule has 1 aromatic carbocycles. The Bertz CT molecular complexity index is 382. The first-order chi connectivity index (χ1) is 9.10. The van der Waals surface area contributed by atoms with E-state index in [9.17, 15) is 0 Å². The predicted octanol–water partition coefficient (Wildman–Crippen LogP) is 3.31. The summed E-state index contributed by atoms with van der Waals surface area (Å²) in [6, 6.07) is 6.59. The fourth-order valence-electron chi connectivity index (χ4n) is 2.19. The Balaban J connectivity index is 2.84. The molecule has 0 fully saturated rings. The molecule has 0 unspecified atom stereocenters. The fraction of sp³-hybridized carbons (Fsp3) is 0.600. The van der Waals surface area contributed by atoms with Crippen molar-refractivity contribution < 1.29 is 4.74 Å². The minimum atomic E-state index is 0.476. The maximum absolute atomic E-state index is 6.11. The molecular weight excluding hydrogens is 260 g/mol. The molecule has 0 atom stereocenters. The van der Waals surface area contributed by atoms with Crippen LogP contribution in [0.15, 0.2) is 18.2 Å². The molecule has 19 heavy (non-hydrogen) atoms. The van der Waals surface area contributed by atoms with Gasteiger partial charge in [-0.25, -0.2) is 0 Å². The first kappa shape index (κ1) is 16.3. The molecule has 0 bridgehead atoms. The predicted molar refractivity (Wildman–Crippen MR) is 83.2 cm³/mol. The van der Waals surface area contributed by atoms with Gasteiger partial charge in [0.2, 0.25) is 0 Å². The molecule has 0 radical (unpaired) electrons. The number of benzene rings is 1. The van der Waals surface area contributed by atoms with Crippen molar-refractivity contribution in [1.29, 1.82) is 0 Å². The normalized spacial score (nSPS) is 11.1. The zero-order chi connectivity index (χ0) is 14.3. The van der Waals surface area contributed by atoms with Crippen molar-refractivity contribution in [2.24, 2.45) is 0 Å². The monoisotopic (exact) mass is 284 g/mol. The van der Waals surface area contributed by atoms with Gasteiger partial charge >= 0.3 is 0 Å². The van der Waals surface area contributed by atoms with Gasteiger partial charge in [-0.05, 0) is 44.5 Å². The minimum absolute atomic E-state index is 0.476. The Labute approximate surface area is 121 Å². The van der Waals surface area contributed by atoms with E-state index in [1.165, 1.54) is 11.3 Å². The molecular formula is C15H25ClN2O. The largest absolute Gasteiger partial charge is 0.383 e. The van der Waals surface area contributed by atoms with Crippen LogP contribution in [-0.2, 0) is 11.3 Å². The number of nitrogens with one attached hydrogen (secondary N) is 1. The lowest BCUT2D eigenvalue weighted by atomic mass is 10.1. The molecule has 0 aliphatic heterocycles. The van der Waals surface area contributed by atoms with Gasteiger partial charge in [0.15, 0.2) is 0 Å². The first-order valence-corrected chi connectivity index (χ1v) is 7.22.